The van der Waals surface area contributed by atoms with Crippen molar-refractivity contribution in [2.24, 2.45) is 5.41 Å². The fourth-order valence-electron chi connectivity index (χ4n) is 1.93. The Balaban J connectivity index is 2.23. The summed E-state index contributed by atoms with van der Waals surface area (Å²) in [5.41, 5.74) is 0.0468. The van der Waals surface area contributed by atoms with Gasteiger partial charge in [-0.1, -0.05) is 13.8 Å². The number of urea groups is 1. The first-order valence-electron chi connectivity index (χ1n) is 6.59. The van der Waals surface area contributed by atoms with Crippen LogP contribution in [0.3, 0.4) is 0 Å². The number of hydrogen-bond acceptors (Lipinski definition) is 3. The third-order valence-corrected chi connectivity index (χ3v) is 3.40. The molecule has 106 valence electrons. The summed E-state index contributed by atoms with van der Waals surface area (Å²) >= 11 is 0. The zero-order valence-electron chi connectivity index (χ0n) is 11.9. The van der Waals surface area contributed by atoms with Gasteiger partial charge in [-0.05, 0) is 25.2 Å². The molecule has 0 radical (unpaired) electrons. The summed E-state index contributed by atoms with van der Waals surface area (Å²) in [6.45, 7) is 8.31. The molecule has 1 aliphatic rings. The lowest BCUT2D eigenvalue weighted by molar-refractivity contribution is 0.114. The highest BCUT2D eigenvalue weighted by Crippen LogP contribution is 2.18. The van der Waals surface area contributed by atoms with Crippen molar-refractivity contribution in [1.29, 1.82) is 0 Å². The maximum Gasteiger partial charge on any atom is 0.315 e. The average Bonchev–Trinajstić information content (AvgIpc) is 2.70. The normalized spacial score (nSPS) is 24.0. The minimum atomic E-state index is -0.108. The summed E-state index contributed by atoms with van der Waals surface area (Å²) in [7, 11) is 1.69. The highest BCUT2D eigenvalue weighted by Gasteiger charge is 2.26. The van der Waals surface area contributed by atoms with E-state index in [4.69, 9.17) is 9.47 Å². The third-order valence-electron chi connectivity index (χ3n) is 3.40. The van der Waals surface area contributed by atoms with Gasteiger partial charge in [-0.3, -0.25) is 0 Å². The van der Waals surface area contributed by atoms with Crippen molar-refractivity contribution >= 4 is 6.03 Å². The molecule has 0 aromatic heterocycles. The quantitative estimate of drug-likeness (QED) is 0.759. The molecule has 0 aromatic rings. The highest BCUT2D eigenvalue weighted by atomic mass is 16.5. The van der Waals surface area contributed by atoms with Crippen LogP contribution in [0.25, 0.3) is 0 Å². The molecule has 2 atom stereocenters. The minimum absolute atomic E-state index is 0.0468. The first-order chi connectivity index (χ1) is 8.44. The molecule has 0 spiro atoms. The van der Waals surface area contributed by atoms with E-state index >= 15 is 0 Å². The number of carbonyl (C=O) groups is 1. The van der Waals surface area contributed by atoms with Crippen LogP contribution in [0.5, 0.6) is 0 Å². The topological polar surface area (TPSA) is 59.6 Å². The molecule has 1 aliphatic heterocycles. The molecule has 0 bridgehead atoms. The van der Waals surface area contributed by atoms with Crippen LogP contribution in [0.2, 0.25) is 0 Å². The lowest BCUT2D eigenvalue weighted by Crippen LogP contribution is -2.47. The number of rotatable bonds is 6. The van der Waals surface area contributed by atoms with E-state index in [2.05, 4.69) is 24.5 Å². The van der Waals surface area contributed by atoms with Gasteiger partial charge in [0.15, 0.2) is 0 Å². The predicted octanol–water partition coefficient (Wildman–Crippen LogP) is 1.53. The molecule has 1 fully saturated rings. The molecule has 1 rings (SSSR count). The number of methoxy groups -OCH3 is 1. The van der Waals surface area contributed by atoms with Crippen LogP contribution in [0.4, 0.5) is 4.79 Å². The van der Waals surface area contributed by atoms with Crippen molar-refractivity contribution in [3.8, 4) is 0 Å². The summed E-state index contributed by atoms with van der Waals surface area (Å²) in [4.78, 5) is 11.8. The Bertz CT molecular complexity index is 269. The molecule has 18 heavy (non-hydrogen) atoms. The molecular formula is C13H26N2O3. The van der Waals surface area contributed by atoms with E-state index in [1.807, 2.05) is 6.92 Å². The predicted molar refractivity (Wildman–Crippen MR) is 70.6 cm³/mol. The lowest BCUT2D eigenvalue weighted by Gasteiger charge is -2.25. The second-order valence-electron chi connectivity index (χ2n) is 5.71. The molecule has 2 N–H and O–H groups in total. The van der Waals surface area contributed by atoms with E-state index in [1.165, 1.54) is 0 Å². The summed E-state index contributed by atoms with van der Waals surface area (Å²) < 4.78 is 10.5. The second-order valence-corrected chi connectivity index (χ2v) is 5.71. The second kappa shape index (κ2) is 6.95. The van der Waals surface area contributed by atoms with Crippen LogP contribution in [-0.2, 0) is 9.47 Å². The summed E-state index contributed by atoms with van der Waals surface area (Å²) in [6, 6.07) is 0.0231. The standard InChI is InChI=1S/C13H26N2O3/c1-10-11(5-7-18-10)15-12(16)14-9-13(2,3)6-8-17-4/h10-11H,5-9H2,1-4H3,(H2,14,15,16)/t10-,11+/m1/s1. The van der Waals surface area contributed by atoms with Crippen LogP contribution >= 0.6 is 0 Å². The van der Waals surface area contributed by atoms with Crippen molar-refractivity contribution in [3.05, 3.63) is 0 Å². The fourth-order valence-corrected chi connectivity index (χ4v) is 1.93. The zero-order chi connectivity index (χ0) is 13.6. The molecule has 5 heteroatoms. The van der Waals surface area contributed by atoms with Gasteiger partial charge in [0.1, 0.15) is 0 Å². The SMILES string of the molecule is COCCC(C)(C)CNC(=O)N[C@H]1CCO[C@@H]1C. The van der Waals surface area contributed by atoms with Gasteiger partial charge in [0.25, 0.3) is 0 Å². The largest absolute Gasteiger partial charge is 0.385 e. The van der Waals surface area contributed by atoms with Crippen LogP contribution in [0.1, 0.15) is 33.6 Å². The summed E-state index contributed by atoms with van der Waals surface area (Å²) in [5, 5.41) is 5.87. The highest BCUT2D eigenvalue weighted by molar-refractivity contribution is 5.74. The molecular weight excluding hydrogens is 232 g/mol. The van der Waals surface area contributed by atoms with Crippen LogP contribution in [0, 0.1) is 5.41 Å². The van der Waals surface area contributed by atoms with Crippen LogP contribution < -0.4 is 10.6 Å². The van der Waals surface area contributed by atoms with Crippen molar-refractivity contribution in [2.75, 3.05) is 26.9 Å². The Morgan fingerprint density at radius 2 is 2.22 bits per heavy atom. The van der Waals surface area contributed by atoms with E-state index in [9.17, 15) is 4.79 Å². The van der Waals surface area contributed by atoms with Crippen LogP contribution in [0.15, 0.2) is 0 Å². The molecule has 5 nitrogen and oxygen atoms in total. The Morgan fingerprint density at radius 1 is 1.50 bits per heavy atom. The lowest BCUT2D eigenvalue weighted by atomic mass is 9.90. The number of amides is 2. The van der Waals surface area contributed by atoms with Gasteiger partial charge < -0.3 is 20.1 Å². The Hall–Kier alpha value is -0.810. The first-order valence-corrected chi connectivity index (χ1v) is 6.59. The first kappa shape index (κ1) is 15.2. The van der Waals surface area contributed by atoms with Crippen LogP contribution in [-0.4, -0.2) is 45.0 Å². The Labute approximate surface area is 110 Å². The number of ether oxygens (including phenoxy) is 2. The van der Waals surface area contributed by atoms with Gasteiger partial charge in [0.05, 0.1) is 12.1 Å². The van der Waals surface area contributed by atoms with E-state index in [0.717, 1.165) is 19.4 Å². The monoisotopic (exact) mass is 258 g/mol. The van der Waals surface area contributed by atoms with Crippen molar-refractivity contribution < 1.29 is 14.3 Å². The van der Waals surface area contributed by atoms with Gasteiger partial charge in [0.2, 0.25) is 0 Å². The van der Waals surface area contributed by atoms with E-state index in [1.54, 1.807) is 7.11 Å². The van der Waals surface area contributed by atoms with E-state index in [-0.39, 0.29) is 23.6 Å². The average molecular weight is 258 g/mol. The molecule has 1 heterocycles. The van der Waals surface area contributed by atoms with Crippen molar-refractivity contribution in [3.63, 3.8) is 0 Å². The number of carbonyl (C=O) groups excluding carboxylic acids is 1. The van der Waals surface area contributed by atoms with Gasteiger partial charge in [0, 0.05) is 26.9 Å². The Morgan fingerprint density at radius 3 is 2.78 bits per heavy atom. The van der Waals surface area contributed by atoms with E-state index in [0.29, 0.717) is 13.2 Å². The summed E-state index contributed by atoms with van der Waals surface area (Å²) in [5.74, 6) is 0. The maximum absolute atomic E-state index is 11.8. The van der Waals surface area contributed by atoms with Gasteiger partial charge >= 0.3 is 6.03 Å². The zero-order valence-corrected chi connectivity index (χ0v) is 11.9. The third kappa shape index (κ3) is 5.23. The fraction of sp³-hybridized carbons (Fsp3) is 0.923. The molecule has 2 amide bonds. The number of nitrogens with one attached hydrogen (secondary N) is 2. The molecule has 0 unspecified atom stereocenters. The van der Waals surface area contributed by atoms with Crippen molar-refractivity contribution in [1.82, 2.24) is 10.6 Å². The molecule has 0 aliphatic carbocycles. The summed E-state index contributed by atoms with van der Waals surface area (Å²) in [6.07, 6.45) is 1.92. The minimum Gasteiger partial charge on any atom is -0.385 e. The molecule has 0 saturated carbocycles. The van der Waals surface area contributed by atoms with Gasteiger partial charge in [-0.25, -0.2) is 4.79 Å². The molecule has 1 saturated heterocycles. The van der Waals surface area contributed by atoms with Gasteiger partial charge in [-0.2, -0.15) is 0 Å². The number of hydrogen-bond donors (Lipinski definition) is 2. The molecule has 0 aromatic carbocycles. The maximum atomic E-state index is 11.8. The van der Waals surface area contributed by atoms with Gasteiger partial charge in [-0.15, -0.1) is 0 Å². The Kier molecular flexibility index (Phi) is 5.88. The van der Waals surface area contributed by atoms with E-state index < -0.39 is 0 Å². The van der Waals surface area contributed by atoms with Crippen molar-refractivity contribution in [2.45, 2.75) is 45.8 Å². The smallest absolute Gasteiger partial charge is 0.315 e.